The average molecular weight is 256 g/mol. The molecule has 1 aliphatic rings. The molecule has 1 heterocycles. The van der Waals surface area contributed by atoms with E-state index < -0.39 is 0 Å². The van der Waals surface area contributed by atoms with E-state index in [1.165, 1.54) is 12.8 Å². The molecule has 1 fully saturated rings. The monoisotopic (exact) mass is 256 g/mol. The molecule has 0 aromatic carbocycles. The molecule has 5 heteroatoms. The predicted molar refractivity (Wildman–Crippen MR) is 75.8 cm³/mol. The van der Waals surface area contributed by atoms with Crippen molar-refractivity contribution in [1.29, 1.82) is 0 Å². The van der Waals surface area contributed by atoms with Gasteiger partial charge in [0.1, 0.15) is 0 Å². The number of aliphatic imine (C=N–C) groups is 1. The SMILES string of the molecule is COCCN(C)CCN=C(N)N1CCCC(C)C1. The van der Waals surface area contributed by atoms with Crippen LogP contribution in [0.5, 0.6) is 0 Å². The van der Waals surface area contributed by atoms with Gasteiger partial charge in [0.15, 0.2) is 5.96 Å². The second kappa shape index (κ2) is 8.32. The van der Waals surface area contributed by atoms with E-state index in [1.807, 2.05) is 0 Å². The van der Waals surface area contributed by atoms with Crippen LogP contribution in [-0.4, -0.2) is 69.2 Å². The normalized spacial score (nSPS) is 21.7. The molecule has 2 N–H and O–H groups in total. The van der Waals surface area contributed by atoms with Gasteiger partial charge in [-0.2, -0.15) is 0 Å². The van der Waals surface area contributed by atoms with Gasteiger partial charge >= 0.3 is 0 Å². The third kappa shape index (κ3) is 5.69. The van der Waals surface area contributed by atoms with Crippen molar-refractivity contribution in [3.05, 3.63) is 0 Å². The highest BCUT2D eigenvalue weighted by Gasteiger charge is 2.17. The van der Waals surface area contributed by atoms with Crippen molar-refractivity contribution in [3.63, 3.8) is 0 Å². The molecule has 0 aromatic rings. The van der Waals surface area contributed by atoms with Crippen molar-refractivity contribution in [2.24, 2.45) is 16.6 Å². The molecule has 0 aliphatic carbocycles. The molecule has 1 saturated heterocycles. The van der Waals surface area contributed by atoms with Gasteiger partial charge in [-0.05, 0) is 25.8 Å². The molecule has 1 unspecified atom stereocenters. The van der Waals surface area contributed by atoms with Crippen molar-refractivity contribution in [1.82, 2.24) is 9.80 Å². The van der Waals surface area contributed by atoms with Gasteiger partial charge in [0.05, 0.1) is 13.2 Å². The Hall–Kier alpha value is -0.810. The molecule has 0 radical (unpaired) electrons. The third-order valence-electron chi connectivity index (χ3n) is 3.41. The summed E-state index contributed by atoms with van der Waals surface area (Å²) in [7, 11) is 3.80. The van der Waals surface area contributed by atoms with Crippen LogP contribution in [0.2, 0.25) is 0 Å². The van der Waals surface area contributed by atoms with Crippen molar-refractivity contribution >= 4 is 5.96 Å². The van der Waals surface area contributed by atoms with Crippen molar-refractivity contribution in [2.45, 2.75) is 19.8 Å². The number of hydrogen-bond acceptors (Lipinski definition) is 3. The summed E-state index contributed by atoms with van der Waals surface area (Å²) >= 11 is 0. The maximum atomic E-state index is 6.03. The quantitative estimate of drug-likeness (QED) is 0.559. The molecule has 1 aliphatic heterocycles. The molecule has 106 valence electrons. The van der Waals surface area contributed by atoms with Crippen LogP contribution in [0.3, 0.4) is 0 Å². The number of hydrogen-bond donors (Lipinski definition) is 1. The summed E-state index contributed by atoms with van der Waals surface area (Å²) in [6.07, 6.45) is 2.54. The number of piperidine rings is 1. The maximum Gasteiger partial charge on any atom is 0.191 e. The zero-order chi connectivity index (χ0) is 13.4. The minimum atomic E-state index is 0.710. The summed E-state index contributed by atoms with van der Waals surface area (Å²) in [4.78, 5) is 8.89. The lowest BCUT2D eigenvalue weighted by Gasteiger charge is -2.31. The second-order valence-corrected chi connectivity index (χ2v) is 5.23. The van der Waals surface area contributed by atoms with Gasteiger partial charge in [-0.1, -0.05) is 6.92 Å². The van der Waals surface area contributed by atoms with E-state index in [9.17, 15) is 0 Å². The first-order valence-electron chi connectivity index (χ1n) is 6.86. The Labute approximate surface area is 111 Å². The van der Waals surface area contributed by atoms with Crippen LogP contribution in [0.15, 0.2) is 4.99 Å². The van der Waals surface area contributed by atoms with Crippen molar-refractivity contribution < 1.29 is 4.74 Å². The Morgan fingerprint density at radius 2 is 2.28 bits per heavy atom. The summed E-state index contributed by atoms with van der Waals surface area (Å²) in [6.45, 7) is 7.77. The number of likely N-dealkylation sites (N-methyl/N-ethyl adjacent to an activating group) is 1. The van der Waals surface area contributed by atoms with E-state index >= 15 is 0 Å². The number of rotatable bonds is 6. The standard InChI is InChI=1S/C13H28N4O/c1-12-5-4-7-17(11-12)13(14)15-6-8-16(2)9-10-18-3/h12H,4-11H2,1-3H3,(H2,14,15). The summed E-state index contributed by atoms with van der Waals surface area (Å²) in [5.74, 6) is 1.44. The molecule has 5 nitrogen and oxygen atoms in total. The van der Waals surface area contributed by atoms with Gasteiger partial charge in [-0.15, -0.1) is 0 Å². The Kier molecular flexibility index (Phi) is 7.05. The second-order valence-electron chi connectivity index (χ2n) is 5.23. The number of guanidine groups is 1. The summed E-state index contributed by atoms with van der Waals surface area (Å²) < 4.78 is 5.04. The lowest BCUT2D eigenvalue weighted by molar-refractivity contribution is 0.162. The fourth-order valence-electron chi connectivity index (χ4n) is 2.19. The molecular formula is C13H28N4O. The van der Waals surface area contributed by atoms with E-state index in [2.05, 4.69) is 28.8 Å². The summed E-state index contributed by atoms with van der Waals surface area (Å²) in [5.41, 5.74) is 6.03. The van der Waals surface area contributed by atoms with Crippen LogP contribution < -0.4 is 5.73 Å². The van der Waals surface area contributed by atoms with Gasteiger partial charge in [0.25, 0.3) is 0 Å². The van der Waals surface area contributed by atoms with E-state index in [0.29, 0.717) is 5.96 Å². The highest BCUT2D eigenvalue weighted by atomic mass is 16.5. The van der Waals surface area contributed by atoms with E-state index in [-0.39, 0.29) is 0 Å². The highest BCUT2D eigenvalue weighted by Crippen LogP contribution is 2.14. The number of ether oxygens (including phenoxy) is 1. The molecule has 1 rings (SSSR count). The molecule has 18 heavy (non-hydrogen) atoms. The van der Waals surface area contributed by atoms with Gasteiger partial charge in [-0.3, -0.25) is 4.99 Å². The Morgan fingerprint density at radius 3 is 2.94 bits per heavy atom. The lowest BCUT2D eigenvalue weighted by atomic mass is 10.0. The largest absolute Gasteiger partial charge is 0.383 e. The molecule has 1 atom stereocenters. The predicted octanol–water partition coefficient (Wildman–Crippen LogP) is 0.611. The molecule has 0 saturated carbocycles. The number of nitrogens with zero attached hydrogens (tertiary/aromatic N) is 3. The fraction of sp³-hybridized carbons (Fsp3) is 0.923. The zero-order valence-electron chi connectivity index (χ0n) is 12.1. The minimum absolute atomic E-state index is 0.710. The van der Waals surface area contributed by atoms with Crippen molar-refractivity contribution in [3.8, 4) is 0 Å². The highest BCUT2D eigenvalue weighted by molar-refractivity contribution is 5.78. The van der Waals surface area contributed by atoms with Crippen LogP contribution in [0.1, 0.15) is 19.8 Å². The number of nitrogens with two attached hydrogens (primary N) is 1. The summed E-state index contributed by atoms with van der Waals surface area (Å²) in [6, 6.07) is 0. The summed E-state index contributed by atoms with van der Waals surface area (Å²) in [5, 5.41) is 0. The smallest absolute Gasteiger partial charge is 0.191 e. The fourth-order valence-corrected chi connectivity index (χ4v) is 2.19. The molecule has 0 amide bonds. The van der Waals surface area contributed by atoms with Gasteiger partial charge in [-0.25, -0.2) is 0 Å². The lowest BCUT2D eigenvalue weighted by Crippen LogP contribution is -2.43. The topological polar surface area (TPSA) is 54.1 Å². The first kappa shape index (κ1) is 15.2. The third-order valence-corrected chi connectivity index (χ3v) is 3.41. The van der Waals surface area contributed by atoms with Gasteiger partial charge in [0.2, 0.25) is 0 Å². The van der Waals surface area contributed by atoms with Gasteiger partial charge in [0, 0.05) is 33.3 Å². The van der Waals surface area contributed by atoms with Crippen molar-refractivity contribution in [2.75, 3.05) is 53.5 Å². The molecule has 0 spiro atoms. The van der Waals surface area contributed by atoms with E-state index in [1.54, 1.807) is 7.11 Å². The van der Waals surface area contributed by atoms with E-state index in [4.69, 9.17) is 10.5 Å². The van der Waals surface area contributed by atoms with Crippen LogP contribution in [0, 0.1) is 5.92 Å². The molecule has 0 bridgehead atoms. The van der Waals surface area contributed by atoms with Gasteiger partial charge < -0.3 is 20.3 Å². The maximum absolute atomic E-state index is 6.03. The Bertz CT molecular complexity index is 257. The average Bonchev–Trinajstić information content (AvgIpc) is 2.36. The minimum Gasteiger partial charge on any atom is -0.383 e. The number of methoxy groups -OCH3 is 1. The number of likely N-dealkylation sites (tertiary alicyclic amines) is 1. The first-order valence-corrected chi connectivity index (χ1v) is 6.86. The van der Waals surface area contributed by atoms with E-state index in [0.717, 1.165) is 45.2 Å². The van der Waals surface area contributed by atoms with Crippen LogP contribution in [0.4, 0.5) is 0 Å². The van der Waals surface area contributed by atoms with Crippen LogP contribution in [0.25, 0.3) is 0 Å². The Balaban J connectivity index is 2.24. The first-order chi connectivity index (χ1) is 8.63. The zero-order valence-corrected chi connectivity index (χ0v) is 12.1. The Morgan fingerprint density at radius 1 is 1.50 bits per heavy atom. The van der Waals surface area contributed by atoms with Crippen LogP contribution in [-0.2, 0) is 4.74 Å². The molecule has 0 aromatic heterocycles. The molecular weight excluding hydrogens is 228 g/mol. The van der Waals surface area contributed by atoms with Crippen LogP contribution >= 0.6 is 0 Å².